The number of allylic oxidation sites excluding steroid dienone is 21. The lowest BCUT2D eigenvalue weighted by Gasteiger charge is -2.21. The van der Waals surface area contributed by atoms with E-state index in [1.54, 1.807) is 12.2 Å². The zero-order valence-electron chi connectivity index (χ0n) is 43.1. The van der Waals surface area contributed by atoms with Crippen LogP contribution in [0.5, 0.6) is 0 Å². The van der Waals surface area contributed by atoms with E-state index in [0.717, 1.165) is 55.7 Å². The number of nitrogens with zero attached hydrogens (tertiary/aromatic N) is 2. The Morgan fingerprint density at radius 1 is 0.707 bits per heavy atom. The van der Waals surface area contributed by atoms with E-state index in [-0.39, 0.29) is 25.1 Å². The predicted octanol–water partition coefficient (Wildman–Crippen LogP) is 9.52. The van der Waals surface area contributed by atoms with Gasteiger partial charge in [-0.3, -0.25) is 23.2 Å². The number of aliphatic hydroxyl groups excluding tert-OH is 3. The van der Waals surface area contributed by atoms with Crippen molar-refractivity contribution in [3.05, 3.63) is 156 Å². The smallest absolute Gasteiger partial charge is 0.462 e. The molecule has 0 amide bonds. The van der Waals surface area contributed by atoms with Gasteiger partial charge in [0.25, 0.3) is 0 Å². The average Bonchev–Trinajstić information content (AvgIpc) is 3.65. The Kier molecular flexibility index (Phi) is 35.3. The molecule has 2 heterocycles. The molecule has 2 unspecified atom stereocenters. The summed E-state index contributed by atoms with van der Waals surface area (Å²) in [7, 11) is -10.9. The highest BCUT2D eigenvalue weighted by Gasteiger charge is 2.46. The Hall–Kier alpha value is -5.14. The highest BCUT2D eigenvalue weighted by Crippen LogP contribution is 2.60. The minimum atomic E-state index is -5.47. The maximum atomic E-state index is 12.9. The molecule has 8 atom stereocenters. The van der Waals surface area contributed by atoms with Crippen molar-refractivity contribution in [2.24, 2.45) is 0 Å². The number of phosphoric acid groups is 2. The van der Waals surface area contributed by atoms with Crippen LogP contribution >= 0.6 is 15.6 Å². The van der Waals surface area contributed by atoms with Crippen molar-refractivity contribution in [3.8, 4) is 0 Å². The number of hydrogen-bond acceptors (Lipinski definition) is 16. The van der Waals surface area contributed by atoms with Crippen molar-refractivity contribution >= 4 is 33.4 Å². The number of aromatic nitrogens is 2. The maximum absolute atomic E-state index is 12.9. The number of aliphatic hydroxyl groups is 3. The topological polar surface area (TPSA) is 286 Å². The lowest BCUT2D eigenvalue weighted by atomic mass is 10.1. The first-order chi connectivity index (χ1) is 36.1. The fourth-order valence-electron chi connectivity index (χ4n) is 6.38. The summed E-state index contributed by atoms with van der Waals surface area (Å²) in [5.74, 6) is -1.51. The van der Waals surface area contributed by atoms with Crippen molar-refractivity contribution in [2.45, 2.75) is 147 Å². The van der Waals surface area contributed by atoms with E-state index in [2.05, 4.69) is 77.0 Å². The first kappa shape index (κ1) is 66.0. The summed E-state index contributed by atoms with van der Waals surface area (Å²) < 4.78 is 56.6. The summed E-state index contributed by atoms with van der Waals surface area (Å²) in [6.45, 7) is 1.56. The highest BCUT2D eigenvalue weighted by molar-refractivity contribution is 7.61. The van der Waals surface area contributed by atoms with Gasteiger partial charge in [0, 0.05) is 19.0 Å². The molecule has 1 aromatic rings. The Morgan fingerprint density at radius 2 is 1.23 bits per heavy atom. The van der Waals surface area contributed by atoms with E-state index in [1.807, 2.05) is 67.7 Å². The summed E-state index contributed by atoms with van der Waals surface area (Å²) in [6.07, 6.45) is 46.5. The van der Waals surface area contributed by atoms with Crippen molar-refractivity contribution in [2.75, 3.05) is 25.6 Å². The predicted molar refractivity (Wildman–Crippen MR) is 289 cm³/mol. The highest BCUT2D eigenvalue weighted by atomic mass is 31.3. The van der Waals surface area contributed by atoms with Gasteiger partial charge in [-0.1, -0.05) is 148 Å². The van der Waals surface area contributed by atoms with Crippen molar-refractivity contribution < 1.29 is 71.4 Å². The van der Waals surface area contributed by atoms with Gasteiger partial charge in [0.2, 0.25) is 0 Å². The van der Waals surface area contributed by atoms with E-state index in [9.17, 15) is 48.6 Å². The summed E-state index contributed by atoms with van der Waals surface area (Å²) in [4.78, 5) is 61.9. The lowest BCUT2D eigenvalue weighted by molar-refractivity contribution is -0.161. The van der Waals surface area contributed by atoms with Crippen LogP contribution in [0.4, 0.5) is 5.82 Å². The van der Waals surface area contributed by atoms with Crippen LogP contribution in [0, 0.1) is 0 Å². The molecule has 1 aromatic heterocycles. The number of phosphoric ester groups is 2. The van der Waals surface area contributed by atoms with Gasteiger partial charge in [0.1, 0.15) is 30.7 Å². The first-order valence-electron chi connectivity index (χ1n) is 25.3. The number of carbonyl (C=O) groups excluding carboxylic acids is 2. The normalized spacial score (nSPS) is 20.3. The van der Waals surface area contributed by atoms with Crippen LogP contribution < -0.4 is 11.4 Å². The van der Waals surface area contributed by atoms with Crippen LogP contribution in [0.2, 0.25) is 0 Å². The Bertz CT molecular complexity index is 2300. The third-order valence-corrected chi connectivity index (χ3v) is 13.0. The van der Waals surface area contributed by atoms with E-state index in [4.69, 9.17) is 29.0 Å². The fraction of sp³-hybridized carbons (Fsp3) is 0.481. The number of anilines is 1. The molecule has 1 aliphatic heterocycles. The van der Waals surface area contributed by atoms with Crippen LogP contribution in [0.3, 0.4) is 0 Å². The molecule has 0 aromatic carbocycles. The second-order valence-electron chi connectivity index (χ2n) is 16.7. The molecule has 416 valence electrons. The summed E-state index contributed by atoms with van der Waals surface area (Å²) in [5, 5.41) is 30.4. The number of unbranched alkanes of at least 4 members (excludes halogenated alkanes) is 1. The van der Waals surface area contributed by atoms with Crippen LogP contribution in [0.15, 0.2) is 151 Å². The van der Waals surface area contributed by atoms with Crippen LogP contribution in [-0.2, 0) is 46.3 Å². The van der Waals surface area contributed by atoms with E-state index in [0.29, 0.717) is 32.1 Å². The minimum absolute atomic E-state index is 0.00995. The number of carbonyl (C=O) groups is 2. The summed E-state index contributed by atoms with van der Waals surface area (Å²) >= 11 is 0. The number of rotatable bonds is 39. The molecule has 19 nitrogen and oxygen atoms in total. The molecule has 0 saturated carbocycles. The van der Waals surface area contributed by atoms with Gasteiger partial charge in [0.15, 0.2) is 12.3 Å². The number of nitrogens with two attached hydrogens (primary N) is 1. The molecule has 0 bridgehead atoms. The van der Waals surface area contributed by atoms with Gasteiger partial charge in [0.05, 0.1) is 19.3 Å². The molecular weight excluding hydrogens is 1010 g/mol. The third kappa shape index (κ3) is 32.8. The standard InChI is InChI=1S/C54H79N3O16P2/c1-3-5-6-7-8-9-10-11-12-13-14-15-16-21-24-27-30-33-36-39-50(60)71-46(42-68-49(59)38-35-32-29-26-23-20-18-17-19-22-25-28-31-34-37-45(58)4-2)43-69-74(64,65)73-75(66,67)70-44-47-51(61)52(62)53(72-47)57-41-40-48(55)56-54(57)63/h5-6,8-9,11-12,14-15,18-22,24,26,28-31,33-34,37,40-41,45-47,51-53,58,61-62H,3-4,7,10,13,16-17,23,25,27,32,35-36,38-39,42-44H2,1-2H3,(H,64,65)(H,66,67)(H2,55,56,63)/b6-5-,9-8-,12-11-,15-14-,20-18-,22-19-,24-21-,29-26-,31-28-,33-30-,37-34+/t45-,46+,47+,51+,52+,53+/m0/s1. The molecular formula is C54H79N3O16P2. The van der Waals surface area contributed by atoms with E-state index in [1.165, 1.54) is 6.07 Å². The number of esters is 2. The third-order valence-electron chi connectivity index (χ3n) is 10.4. The van der Waals surface area contributed by atoms with Gasteiger partial charge < -0.3 is 45.1 Å². The molecule has 1 fully saturated rings. The molecule has 0 radical (unpaired) electrons. The van der Waals surface area contributed by atoms with Crippen LogP contribution in [-0.4, -0.2) is 96.9 Å². The van der Waals surface area contributed by atoms with Gasteiger partial charge in [-0.05, 0) is 89.5 Å². The average molecular weight is 1090 g/mol. The fourth-order valence-corrected chi connectivity index (χ4v) is 8.49. The second-order valence-corrected chi connectivity index (χ2v) is 19.8. The maximum Gasteiger partial charge on any atom is 0.481 e. The Labute approximate surface area is 441 Å². The van der Waals surface area contributed by atoms with Gasteiger partial charge in [-0.2, -0.15) is 9.29 Å². The van der Waals surface area contributed by atoms with Gasteiger partial charge >= 0.3 is 33.3 Å². The first-order valence-corrected chi connectivity index (χ1v) is 28.3. The summed E-state index contributed by atoms with van der Waals surface area (Å²) in [5.41, 5.74) is 4.57. The van der Waals surface area contributed by atoms with Crippen LogP contribution in [0.25, 0.3) is 0 Å². The number of hydrogen-bond donors (Lipinski definition) is 6. The monoisotopic (exact) mass is 1090 g/mol. The molecule has 0 spiro atoms. The Morgan fingerprint density at radius 3 is 1.77 bits per heavy atom. The largest absolute Gasteiger partial charge is 0.481 e. The number of ether oxygens (including phenoxy) is 3. The quantitative estimate of drug-likeness (QED) is 0.0118. The van der Waals surface area contributed by atoms with Crippen molar-refractivity contribution in [1.29, 1.82) is 0 Å². The molecule has 2 rings (SSSR count). The van der Waals surface area contributed by atoms with Gasteiger partial charge in [-0.15, -0.1) is 0 Å². The van der Waals surface area contributed by atoms with E-state index >= 15 is 0 Å². The van der Waals surface area contributed by atoms with Gasteiger partial charge in [-0.25, -0.2) is 13.9 Å². The zero-order valence-corrected chi connectivity index (χ0v) is 44.9. The minimum Gasteiger partial charge on any atom is -0.462 e. The zero-order chi connectivity index (χ0) is 55.0. The molecule has 75 heavy (non-hydrogen) atoms. The molecule has 21 heteroatoms. The molecule has 0 aliphatic carbocycles. The van der Waals surface area contributed by atoms with E-state index < -0.39 is 89.8 Å². The molecule has 1 saturated heterocycles. The van der Waals surface area contributed by atoms with Crippen molar-refractivity contribution in [1.82, 2.24) is 9.55 Å². The van der Waals surface area contributed by atoms with Crippen molar-refractivity contribution in [3.63, 3.8) is 0 Å². The number of nitrogen functional groups attached to an aromatic ring is 1. The second kappa shape index (κ2) is 40.2. The summed E-state index contributed by atoms with van der Waals surface area (Å²) in [6, 6.07) is 1.23. The molecule has 1 aliphatic rings. The Balaban J connectivity index is 1.87. The lowest BCUT2D eigenvalue weighted by Crippen LogP contribution is -2.36. The molecule has 7 N–H and O–H groups in total. The SMILES string of the molecule is CC/C=C\C/C=C\C/C=C\C/C=C\C/C=C\C/C=C\CCC(=O)O[C@H](COC(=O)CCC/C=C\C/C=C\C/C=C\C/C=C\C=C\[C@@H](O)CC)COP(=O)(O)OP(=O)(O)OC[C@H]1O[C@@H](n2ccc(N)nc2=O)[C@H](O)[C@@H]1O. The van der Waals surface area contributed by atoms with Crippen LogP contribution in [0.1, 0.15) is 116 Å².